The molecule has 1 aliphatic carbocycles. The molecule has 2 fully saturated rings. The molecule has 0 bridgehead atoms. The number of hydrogen-bond donors (Lipinski definition) is 5. The van der Waals surface area contributed by atoms with Crippen LogP contribution in [0.15, 0.2) is 24.3 Å². The molecule has 274 valence electrons. The van der Waals surface area contributed by atoms with Gasteiger partial charge in [0, 0.05) is 43.8 Å². The molecule has 1 saturated heterocycles. The molecule has 1 heterocycles. The average Bonchev–Trinajstić information content (AvgIpc) is 3.48. The van der Waals surface area contributed by atoms with Crippen LogP contribution in [0.3, 0.4) is 0 Å². The highest BCUT2D eigenvalue weighted by Gasteiger charge is 2.54. The van der Waals surface area contributed by atoms with Crippen molar-refractivity contribution >= 4 is 29.6 Å². The van der Waals surface area contributed by atoms with Crippen molar-refractivity contribution in [2.75, 3.05) is 20.1 Å². The topological polar surface area (TPSA) is 187 Å². The molecule has 1 aromatic carbocycles. The molecule has 0 spiro atoms. The van der Waals surface area contributed by atoms with Gasteiger partial charge in [-0.25, -0.2) is 9.59 Å². The maximum Gasteiger partial charge on any atom is 0.407 e. The van der Waals surface area contributed by atoms with E-state index in [2.05, 4.69) is 21.3 Å². The number of urea groups is 1. The monoisotopic (exact) mass is 687 g/mol. The van der Waals surface area contributed by atoms with Gasteiger partial charge >= 0.3 is 12.1 Å². The van der Waals surface area contributed by atoms with Crippen molar-refractivity contribution in [2.24, 2.45) is 23.5 Å². The second-order valence-electron chi connectivity index (χ2n) is 14.9. The number of nitrogens with one attached hydrogen (secondary N) is 4. The lowest BCUT2D eigenvalue weighted by atomic mass is 9.84. The van der Waals surface area contributed by atoms with Gasteiger partial charge in [-0.3, -0.25) is 14.4 Å². The maximum absolute atomic E-state index is 13.7. The maximum atomic E-state index is 13.7. The van der Waals surface area contributed by atoms with Crippen molar-refractivity contribution in [1.82, 2.24) is 21.3 Å². The summed E-state index contributed by atoms with van der Waals surface area (Å²) in [5, 5.41) is 11.4. The first kappa shape index (κ1) is 39.9. The summed E-state index contributed by atoms with van der Waals surface area (Å²) in [6, 6.07) is 5.79. The Hall–Kier alpha value is -3.55. The van der Waals surface area contributed by atoms with Crippen molar-refractivity contribution < 1.29 is 38.2 Å². The first-order valence-electron chi connectivity index (χ1n) is 17.4. The molecular weight excluding hydrogens is 630 g/mol. The molecule has 0 aromatic heterocycles. The number of ketones is 2. The fourth-order valence-electron chi connectivity index (χ4n) is 6.55. The van der Waals surface area contributed by atoms with Gasteiger partial charge in [0.15, 0.2) is 11.6 Å². The fraction of sp³-hybridized carbons (Fsp3) is 0.694. The first-order valence-corrected chi connectivity index (χ1v) is 17.4. The van der Waals surface area contributed by atoms with Crippen LogP contribution in [-0.4, -0.2) is 85.4 Å². The van der Waals surface area contributed by atoms with Crippen LogP contribution < -0.4 is 27.0 Å². The second-order valence-corrected chi connectivity index (χ2v) is 14.9. The number of likely N-dealkylation sites (N-methyl/N-ethyl adjacent to an activating group) is 1. The highest BCUT2D eigenvalue weighted by Crippen LogP contribution is 2.42. The minimum Gasteiger partial charge on any atom is -0.444 e. The van der Waals surface area contributed by atoms with Gasteiger partial charge in [0.2, 0.25) is 5.91 Å². The van der Waals surface area contributed by atoms with Crippen molar-refractivity contribution in [1.29, 1.82) is 0 Å². The molecule has 0 radical (unpaired) electrons. The molecule has 1 unspecified atom stereocenters. The van der Waals surface area contributed by atoms with Gasteiger partial charge in [0.05, 0.1) is 12.1 Å². The molecule has 49 heavy (non-hydrogen) atoms. The van der Waals surface area contributed by atoms with Gasteiger partial charge in [0.25, 0.3) is 0 Å². The van der Waals surface area contributed by atoms with Crippen LogP contribution in [-0.2, 0) is 41.4 Å². The van der Waals surface area contributed by atoms with Crippen LogP contribution in [0.5, 0.6) is 0 Å². The van der Waals surface area contributed by atoms with Crippen molar-refractivity contribution in [2.45, 2.75) is 123 Å². The van der Waals surface area contributed by atoms with Crippen LogP contribution in [0, 0.1) is 17.8 Å². The van der Waals surface area contributed by atoms with Crippen LogP contribution in [0.2, 0.25) is 0 Å². The molecule has 1 aromatic rings. The third-order valence-electron chi connectivity index (χ3n) is 8.96. The number of hydrogen-bond acceptors (Lipinski definition) is 9. The van der Waals surface area contributed by atoms with Gasteiger partial charge in [-0.15, -0.1) is 0 Å². The molecule has 13 nitrogen and oxygen atoms in total. The Morgan fingerprint density at radius 1 is 1.00 bits per heavy atom. The number of alkyl carbamates (subject to hydrolysis) is 1. The molecule has 13 heteroatoms. The number of rotatable bonds is 17. The number of carbonyl (C=O) groups excluding carboxylic acids is 5. The number of nitrogens with two attached hydrogens (primary N) is 1. The number of amides is 4. The SMILES string of the molecule is CN[C@H]1[C@H]2OC(C)(C)O[C@H]2C[C@@H]1C(=O)C[C@@H](C(=O)NC(CCCNC(N)=O)C(=O)Cc1ccc(CCNC(=O)OC(C)(C)C)cc1)C(C)C. The first-order chi connectivity index (χ1) is 22.9. The van der Waals surface area contributed by atoms with Crippen LogP contribution in [0.4, 0.5) is 9.59 Å². The minimum absolute atomic E-state index is 0.0313. The number of primary amides is 1. The molecule has 6 N–H and O–H groups in total. The highest BCUT2D eigenvalue weighted by atomic mass is 16.8. The third-order valence-corrected chi connectivity index (χ3v) is 8.96. The predicted octanol–water partition coefficient (Wildman–Crippen LogP) is 3.16. The molecule has 1 saturated carbocycles. The fourth-order valence-corrected chi connectivity index (χ4v) is 6.55. The largest absolute Gasteiger partial charge is 0.444 e. The smallest absolute Gasteiger partial charge is 0.407 e. The van der Waals surface area contributed by atoms with E-state index in [1.165, 1.54) is 0 Å². The van der Waals surface area contributed by atoms with E-state index in [1.807, 2.05) is 52.0 Å². The predicted molar refractivity (Wildman–Crippen MR) is 185 cm³/mol. The van der Waals surface area contributed by atoms with E-state index < -0.39 is 35.5 Å². The van der Waals surface area contributed by atoms with E-state index in [1.54, 1.807) is 27.8 Å². The van der Waals surface area contributed by atoms with Gasteiger partial charge in [0.1, 0.15) is 17.5 Å². The highest BCUT2D eigenvalue weighted by molar-refractivity contribution is 5.93. The Morgan fingerprint density at radius 3 is 2.24 bits per heavy atom. The standard InChI is InChI=1S/C36H57N5O8/c1-21(2)24(19-27(42)25-20-29-31(30(25)38-8)48-36(6,7)47-29)32(44)41-26(10-9-16-39-33(37)45)28(43)18-23-13-11-22(12-14-23)15-17-40-34(46)49-35(3,4)5/h11-14,21,24-26,29-31,38H,9-10,15-20H2,1-8H3,(H,40,46)(H,41,44)(H3,37,39,45)/t24-,25-,26?,29+,30-,31+/m1/s1. The number of Topliss-reactive ketones (excluding diaryl/α,β-unsaturated/α-hetero) is 2. The summed E-state index contributed by atoms with van der Waals surface area (Å²) in [6.07, 6.45) is 0.988. The van der Waals surface area contributed by atoms with Crippen LogP contribution >= 0.6 is 0 Å². The lowest BCUT2D eigenvalue weighted by Gasteiger charge is -2.28. The normalized spacial score (nSPS) is 22.6. The minimum atomic E-state index is -0.823. The average molecular weight is 688 g/mol. The lowest BCUT2D eigenvalue weighted by Crippen LogP contribution is -2.47. The molecule has 2 aliphatic rings. The van der Waals surface area contributed by atoms with E-state index in [4.69, 9.17) is 19.9 Å². The zero-order valence-electron chi connectivity index (χ0n) is 30.4. The van der Waals surface area contributed by atoms with Gasteiger partial charge in [-0.1, -0.05) is 38.1 Å². The molecule has 3 rings (SSSR count). The summed E-state index contributed by atoms with van der Waals surface area (Å²) in [7, 11) is 1.80. The van der Waals surface area contributed by atoms with E-state index >= 15 is 0 Å². The third kappa shape index (κ3) is 12.4. The van der Waals surface area contributed by atoms with Crippen molar-refractivity contribution in [3.05, 3.63) is 35.4 Å². The zero-order chi connectivity index (χ0) is 36.5. The quantitative estimate of drug-likeness (QED) is 0.153. The Kier molecular flexibility index (Phi) is 14.2. The molecule has 6 atom stereocenters. The zero-order valence-corrected chi connectivity index (χ0v) is 30.4. The Bertz CT molecular complexity index is 1310. The van der Waals surface area contributed by atoms with Gasteiger partial charge in [-0.2, -0.15) is 0 Å². The van der Waals surface area contributed by atoms with Gasteiger partial charge < -0.3 is 41.2 Å². The van der Waals surface area contributed by atoms with E-state index in [0.29, 0.717) is 25.8 Å². The summed E-state index contributed by atoms with van der Waals surface area (Å²) in [6.45, 7) is 13.6. The Morgan fingerprint density at radius 2 is 1.65 bits per heavy atom. The summed E-state index contributed by atoms with van der Waals surface area (Å²) in [5.74, 6) is -2.45. The van der Waals surface area contributed by atoms with Crippen LogP contribution in [0.1, 0.15) is 85.3 Å². The molecule has 4 amide bonds. The second kappa shape index (κ2) is 17.4. The summed E-state index contributed by atoms with van der Waals surface area (Å²) < 4.78 is 17.4. The lowest BCUT2D eigenvalue weighted by molar-refractivity contribution is -0.159. The Balaban J connectivity index is 1.63. The van der Waals surface area contributed by atoms with E-state index in [0.717, 1.165) is 11.1 Å². The number of ether oxygens (including phenoxy) is 3. The van der Waals surface area contributed by atoms with E-state index in [-0.39, 0.29) is 73.4 Å². The number of benzene rings is 1. The number of carbonyl (C=O) groups is 5. The number of fused-ring (bicyclic) bond motifs is 1. The van der Waals surface area contributed by atoms with Crippen molar-refractivity contribution in [3.63, 3.8) is 0 Å². The summed E-state index contributed by atoms with van der Waals surface area (Å²) >= 11 is 0. The molecule has 1 aliphatic heterocycles. The van der Waals surface area contributed by atoms with Crippen LogP contribution in [0.25, 0.3) is 0 Å². The van der Waals surface area contributed by atoms with Crippen molar-refractivity contribution in [3.8, 4) is 0 Å². The summed E-state index contributed by atoms with van der Waals surface area (Å²) in [4.78, 5) is 64.1. The molecular formula is C36H57N5O8. The Labute approximate surface area is 290 Å². The van der Waals surface area contributed by atoms with E-state index in [9.17, 15) is 24.0 Å². The summed E-state index contributed by atoms with van der Waals surface area (Å²) in [5.41, 5.74) is 6.38. The van der Waals surface area contributed by atoms with Gasteiger partial charge in [-0.05, 0) is 84.4 Å².